The van der Waals surface area contributed by atoms with Gasteiger partial charge in [-0.1, -0.05) is 12.1 Å². The van der Waals surface area contributed by atoms with Crippen LogP contribution in [0.5, 0.6) is 0 Å². The van der Waals surface area contributed by atoms with Gasteiger partial charge in [-0.3, -0.25) is 4.31 Å². The molecule has 0 aliphatic carbocycles. The molecular weight excluding hydrogens is 300 g/mol. The van der Waals surface area contributed by atoms with Crippen LogP contribution in [-0.2, 0) is 10.0 Å². The van der Waals surface area contributed by atoms with Gasteiger partial charge in [-0.2, -0.15) is 0 Å². The highest BCUT2D eigenvalue weighted by atomic mass is 32.2. The molecule has 22 heavy (non-hydrogen) atoms. The van der Waals surface area contributed by atoms with Crippen molar-refractivity contribution >= 4 is 21.4 Å². The zero-order chi connectivity index (χ0) is 15.2. The maximum atomic E-state index is 12.9. The van der Waals surface area contributed by atoms with Crippen molar-refractivity contribution < 1.29 is 12.8 Å². The predicted octanol–water partition coefficient (Wildman–Crippen LogP) is 2.85. The Kier molecular flexibility index (Phi) is 3.14. The number of piperidine rings is 1. The topological polar surface area (TPSA) is 53.8 Å². The fourth-order valence-electron chi connectivity index (χ4n) is 3.47. The Balaban J connectivity index is 1.83. The van der Waals surface area contributed by atoms with Crippen molar-refractivity contribution in [3.63, 3.8) is 0 Å². The van der Waals surface area contributed by atoms with Gasteiger partial charge in [0.1, 0.15) is 11.2 Å². The van der Waals surface area contributed by atoms with Crippen molar-refractivity contribution in [2.75, 3.05) is 22.3 Å². The van der Waals surface area contributed by atoms with Gasteiger partial charge in [0, 0.05) is 12.6 Å². The molecule has 0 amide bonds. The molecule has 0 spiro atoms. The van der Waals surface area contributed by atoms with Gasteiger partial charge < -0.3 is 9.32 Å². The third kappa shape index (κ3) is 2.01. The molecule has 4 rings (SSSR count). The number of rotatable bonds is 2. The molecule has 1 saturated heterocycles. The Labute approximate surface area is 130 Å². The van der Waals surface area contributed by atoms with Crippen LogP contribution in [0.25, 0.3) is 0 Å². The van der Waals surface area contributed by atoms with Crippen LogP contribution < -0.4 is 9.21 Å². The summed E-state index contributed by atoms with van der Waals surface area (Å²) in [5, 5.41) is 0. The molecule has 2 aromatic rings. The average Bonchev–Trinajstić information content (AvgIpc) is 3.09. The predicted molar refractivity (Wildman–Crippen MR) is 84.7 cm³/mol. The van der Waals surface area contributed by atoms with E-state index in [2.05, 4.69) is 4.90 Å². The molecule has 1 aromatic carbocycles. The summed E-state index contributed by atoms with van der Waals surface area (Å²) >= 11 is 0. The molecule has 5 nitrogen and oxygen atoms in total. The van der Waals surface area contributed by atoms with E-state index in [1.807, 2.05) is 24.3 Å². The summed E-state index contributed by atoms with van der Waals surface area (Å²) in [6.45, 7) is 1.51. The highest BCUT2D eigenvalue weighted by Crippen LogP contribution is 2.40. The van der Waals surface area contributed by atoms with Crippen LogP contribution >= 0.6 is 0 Å². The van der Waals surface area contributed by atoms with Gasteiger partial charge in [0.2, 0.25) is 0 Å². The van der Waals surface area contributed by atoms with E-state index in [0.717, 1.165) is 30.8 Å². The zero-order valence-corrected chi connectivity index (χ0v) is 13.0. The number of fused-ring (bicyclic) bond motifs is 3. The molecule has 3 heterocycles. The monoisotopic (exact) mass is 318 g/mol. The molecule has 1 atom stereocenters. The molecule has 1 unspecified atom stereocenters. The Morgan fingerprint density at radius 3 is 2.68 bits per heavy atom. The van der Waals surface area contributed by atoms with Crippen molar-refractivity contribution in [2.24, 2.45) is 0 Å². The van der Waals surface area contributed by atoms with Gasteiger partial charge in [0.05, 0.1) is 24.2 Å². The second-order valence-electron chi connectivity index (χ2n) is 5.83. The number of para-hydroxylation sites is 2. The van der Waals surface area contributed by atoms with Gasteiger partial charge in [-0.25, -0.2) is 8.42 Å². The summed E-state index contributed by atoms with van der Waals surface area (Å²) < 4.78 is 32.4. The van der Waals surface area contributed by atoms with Gasteiger partial charge in [-0.15, -0.1) is 0 Å². The van der Waals surface area contributed by atoms with Gasteiger partial charge in [-0.05, 0) is 37.5 Å². The van der Waals surface area contributed by atoms with Gasteiger partial charge in [0.15, 0.2) is 0 Å². The first-order valence-corrected chi connectivity index (χ1v) is 9.02. The lowest BCUT2D eigenvalue weighted by Crippen LogP contribution is -2.52. The van der Waals surface area contributed by atoms with E-state index >= 15 is 0 Å². The van der Waals surface area contributed by atoms with E-state index in [1.54, 1.807) is 4.31 Å². The molecule has 0 radical (unpaired) electrons. The molecule has 2 aliphatic rings. The molecule has 116 valence electrons. The number of furan rings is 1. The van der Waals surface area contributed by atoms with E-state index < -0.39 is 10.0 Å². The standard InChI is InChI=1S/C16H18N2O3S/c19-22(20,14-8-10-21-12-14)18-11-13-5-3-4-9-17(13)15-6-1-2-7-16(15)18/h1-2,6-8,10,12-13H,3-5,9,11H2. The molecule has 0 saturated carbocycles. The first-order valence-electron chi connectivity index (χ1n) is 7.58. The second kappa shape index (κ2) is 5.05. The number of sulfonamides is 1. The fourth-order valence-corrected chi connectivity index (χ4v) is 4.91. The molecule has 2 aliphatic heterocycles. The van der Waals surface area contributed by atoms with Crippen LogP contribution in [0.2, 0.25) is 0 Å². The average molecular weight is 318 g/mol. The Bertz CT molecular complexity index is 770. The van der Waals surface area contributed by atoms with E-state index in [9.17, 15) is 8.42 Å². The lowest BCUT2D eigenvalue weighted by molar-refractivity contribution is 0.454. The maximum absolute atomic E-state index is 12.9. The molecule has 1 fully saturated rings. The minimum absolute atomic E-state index is 0.214. The largest absolute Gasteiger partial charge is 0.471 e. The number of benzene rings is 1. The summed E-state index contributed by atoms with van der Waals surface area (Å²) in [5.74, 6) is 0. The third-order valence-electron chi connectivity index (χ3n) is 4.55. The second-order valence-corrected chi connectivity index (χ2v) is 7.69. The number of hydrogen-bond acceptors (Lipinski definition) is 4. The van der Waals surface area contributed by atoms with Crippen LogP contribution in [0.3, 0.4) is 0 Å². The minimum Gasteiger partial charge on any atom is -0.471 e. The van der Waals surface area contributed by atoms with Crippen LogP contribution in [0.4, 0.5) is 11.4 Å². The van der Waals surface area contributed by atoms with E-state index in [0.29, 0.717) is 6.54 Å². The number of nitrogens with zero attached hydrogens (tertiary/aromatic N) is 2. The molecule has 0 bridgehead atoms. The summed E-state index contributed by atoms with van der Waals surface area (Å²) in [5.41, 5.74) is 1.78. The van der Waals surface area contributed by atoms with Crippen molar-refractivity contribution in [2.45, 2.75) is 30.2 Å². The Morgan fingerprint density at radius 1 is 1.09 bits per heavy atom. The highest BCUT2D eigenvalue weighted by Gasteiger charge is 2.38. The van der Waals surface area contributed by atoms with Crippen molar-refractivity contribution in [3.05, 3.63) is 42.9 Å². The lowest BCUT2D eigenvalue weighted by Gasteiger charge is -2.46. The fraction of sp³-hybridized carbons (Fsp3) is 0.375. The smallest absolute Gasteiger partial charge is 0.267 e. The van der Waals surface area contributed by atoms with Crippen molar-refractivity contribution in [1.29, 1.82) is 0 Å². The number of anilines is 2. The Hall–Kier alpha value is -1.95. The first kappa shape index (κ1) is 13.7. The molecule has 0 N–H and O–H groups in total. The number of hydrogen-bond donors (Lipinski definition) is 0. The molecule has 6 heteroatoms. The first-order chi connectivity index (χ1) is 10.7. The van der Waals surface area contributed by atoms with E-state index in [4.69, 9.17) is 4.42 Å². The van der Waals surface area contributed by atoms with Crippen molar-refractivity contribution in [1.82, 2.24) is 0 Å². The van der Waals surface area contributed by atoms with Crippen LogP contribution in [-0.4, -0.2) is 27.5 Å². The van der Waals surface area contributed by atoms with Gasteiger partial charge in [0.25, 0.3) is 10.0 Å². The Morgan fingerprint density at radius 2 is 1.91 bits per heavy atom. The SMILES string of the molecule is O=S(=O)(c1ccoc1)N1CC2CCCCN2c2ccccc21. The summed E-state index contributed by atoms with van der Waals surface area (Å²) in [7, 11) is -3.57. The summed E-state index contributed by atoms with van der Waals surface area (Å²) in [4.78, 5) is 2.58. The van der Waals surface area contributed by atoms with E-state index in [1.165, 1.54) is 25.0 Å². The van der Waals surface area contributed by atoms with Crippen molar-refractivity contribution in [3.8, 4) is 0 Å². The van der Waals surface area contributed by atoms with Crippen LogP contribution in [0.15, 0.2) is 52.2 Å². The van der Waals surface area contributed by atoms with Crippen LogP contribution in [0.1, 0.15) is 19.3 Å². The quantitative estimate of drug-likeness (QED) is 0.854. The van der Waals surface area contributed by atoms with E-state index in [-0.39, 0.29) is 10.9 Å². The summed E-state index contributed by atoms with van der Waals surface area (Å²) in [6.07, 6.45) is 6.05. The maximum Gasteiger partial charge on any atom is 0.267 e. The minimum atomic E-state index is -3.57. The third-order valence-corrected chi connectivity index (χ3v) is 6.30. The molecular formula is C16H18N2O3S. The zero-order valence-electron chi connectivity index (χ0n) is 12.2. The summed E-state index contributed by atoms with van der Waals surface area (Å²) in [6, 6.07) is 9.53. The van der Waals surface area contributed by atoms with Crippen LogP contribution in [0, 0.1) is 0 Å². The van der Waals surface area contributed by atoms with Gasteiger partial charge >= 0.3 is 0 Å². The molecule has 1 aromatic heterocycles. The highest BCUT2D eigenvalue weighted by molar-refractivity contribution is 7.92. The lowest BCUT2D eigenvalue weighted by atomic mass is 9.98. The normalized spacial score (nSPS) is 21.4.